The van der Waals surface area contributed by atoms with Gasteiger partial charge in [0.2, 0.25) is 5.78 Å². The highest BCUT2D eigenvalue weighted by atomic mass is 35.5. The number of aryl methyl sites for hydroxylation is 2. The Morgan fingerprint density at radius 2 is 1.89 bits per heavy atom. The van der Waals surface area contributed by atoms with Crippen molar-refractivity contribution in [3.63, 3.8) is 0 Å². The van der Waals surface area contributed by atoms with Crippen molar-refractivity contribution in [2.24, 2.45) is 0 Å². The van der Waals surface area contributed by atoms with Gasteiger partial charge >= 0.3 is 0 Å². The van der Waals surface area contributed by atoms with Gasteiger partial charge in [-0.25, -0.2) is 4.98 Å². The standard InChI is InChI=1S/C26H27ClN4O4/c1-16-4-3-9-30-21(17(2)28-25(16)30)23(32)20-22(18-5-7-19(27)8-6-18)31(26(34)24(20)33)11-10-29-12-14-35-15-13-29/h3-9,22,32H,10-15H2,1-2H3. The van der Waals surface area contributed by atoms with Crippen LogP contribution in [0.25, 0.3) is 11.4 Å². The van der Waals surface area contributed by atoms with Crippen molar-refractivity contribution in [1.82, 2.24) is 14.3 Å². The molecule has 2 aliphatic heterocycles. The maximum Gasteiger partial charge on any atom is 0.295 e. The molecule has 1 unspecified atom stereocenters. The van der Waals surface area contributed by atoms with Crippen molar-refractivity contribution in [2.75, 3.05) is 39.4 Å². The molecule has 2 fully saturated rings. The van der Waals surface area contributed by atoms with E-state index in [-0.39, 0.29) is 5.57 Å². The van der Waals surface area contributed by atoms with Gasteiger partial charge in [0, 0.05) is 16.8 Å². The second kappa shape index (κ2) is 9.45. The molecule has 182 valence electrons. The maximum atomic E-state index is 14.0. The van der Waals surface area contributed by atoms with Gasteiger partial charge in [0.15, 0.2) is 0 Å². The van der Waals surface area contributed by atoms with Crippen LogP contribution in [0.2, 0.25) is 5.02 Å². The first-order chi connectivity index (χ1) is 16.9. The monoisotopic (exact) mass is 494 g/mol. The summed E-state index contributed by atoms with van der Waals surface area (Å²) in [6.07, 6.45) is 1.76. The second-order valence-corrected chi connectivity index (χ2v) is 9.50. The van der Waals surface area contributed by atoms with Gasteiger partial charge in [-0.1, -0.05) is 35.6 Å². The number of pyridine rings is 1. The molecule has 3 aromatic rings. The molecule has 35 heavy (non-hydrogen) atoms. The van der Waals surface area contributed by atoms with Crippen LogP contribution in [-0.4, -0.2) is 65.4 Å². The smallest absolute Gasteiger partial charge is 0.295 e. The zero-order chi connectivity index (χ0) is 24.7. The van der Waals surface area contributed by atoms with E-state index in [1.165, 1.54) is 9.80 Å². The van der Waals surface area contributed by atoms with E-state index in [4.69, 9.17) is 16.3 Å². The number of rotatable bonds is 5. The molecule has 0 bridgehead atoms. The summed E-state index contributed by atoms with van der Waals surface area (Å²) in [5.74, 6) is -1.88. The number of hydrogen-bond acceptors (Lipinski definition) is 5. The Hall–Kier alpha value is -3.20. The van der Waals surface area contributed by atoms with Crippen LogP contribution >= 0.6 is 11.6 Å². The highest BCUT2D eigenvalue weighted by Gasteiger charge is 2.44. The fourth-order valence-electron chi connectivity index (χ4n) is 5.00. The number of ketones is 1. The average molecular weight is 495 g/mol. The number of carbonyl (C=O) groups excluding carboxylic acids is 2. The van der Waals surface area contributed by atoms with Gasteiger partial charge in [0.25, 0.3) is 5.91 Å². The topological polar surface area (TPSA) is 91.4 Å². The molecule has 0 spiro atoms. The number of nitrogens with zero attached hydrogens (tertiary/aromatic N) is 3. The van der Waals surface area contributed by atoms with E-state index in [9.17, 15) is 14.7 Å². The van der Waals surface area contributed by atoms with E-state index >= 15 is 0 Å². The first kappa shape index (κ1) is 23.5. The lowest BCUT2D eigenvalue weighted by Gasteiger charge is -2.30. The largest absolute Gasteiger partial charge is 0.871 e. The number of nitrogens with one attached hydrogen (secondary N) is 1. The first-order valence-corrected chi connectivity index (χ1v) is 12.1. The number of fused-ring (bicyclic) bond motifs is 1. The molecule has 1 atom stereocenters. The lowest BCUT2D eigenvalue weighted by Crippen LogP contribution is -3.14. The van der Waals surface area contributed by atoms with Crippen molar-refractivity contribution < 1.29 is 24.3 Å². The molecule has 2 aliphatic rings. The fourth-order valence-corrected chi connectivity index (χ4v) is 5.13. The Morgan fingerprint density at radius 3 is 2.60 bits per heavy atom. The van der Waals surface area contributed by atoms with Gasteiger partial charge < -0.3 is 24.0 Å². The SMILES string of the molecule is Cc1nc2c(C)cccn2c1C([O-])=C1C(=O)C(=O)N(CC[NH+]2CCOCC2)C1c1ccc(Cl)cc1. The van der Waals surface area contributed by atoms with Gasteiger partial charge in [0.1, 0.15) is 18.7 Å². The van der Waals surface area contributed by atoms with Crippen LogP contribution in [0, 0.1) is 13.8 Å². The Kier molecular flexibility index (Phi) is 6.35. The van der Waals surface area contributed by atoms with E-state index < -0.39 is 23.5 Å². The van der Waals surface area contributed by atoms with Crippen LogP contribution in [0.5, 0.6) is 0 Å². The number of likely N-dealkylation sites (tertiary alicyclic amines) is 1. The number of carbonyl (C=O) groups is 2. The van der Waals surface area contributed by atoms with E-state index in [1.54, 1.807) is 41.8 Å². The van der Waals surface area contributed by atoms with Crippen molar-refractivity contribution in [3.8, 4) is 0 Å². The molecule has 0 aliphatic carbocycles. The first-order valence-electron chi connectivity index (χ1n) is 11.7. The predicted molar refractivity (Wildman–Crippen MR) is 129 cm³/mol. The Labute approximate surface area is 208 Å². The molecule has 1 amide bonds. The molecule has 0 saturated carbocycles. The van der Waals surface area contributed by atoms with Crippen LogP contribution in [0.4, 0.5) is 0 Å². The number of Topliss-reactive ketones (excluding diaryl/α,β-unsaturated/α-hetero) is 1. The average Bonchev–Trinajstić information content (AvgIpc) is 3.33. The third kappa shape index (κ3) is 4.22. The Balaban J connectivity index is 1.62. The van der Waals surface area contributed by atoms with Gasteiger partial charge in [-0.3, -0.25) is 9.59 Å². The van der Waals surface area contributed by atoms with Gasteiger partial charge in [-0.15, -0.1) is 0 Å². The number of morpholine rings is 1. The summed E-state index contributed by atoms with van der Waals surface area (Å²) in [6.45, 7) is 7.72. The van der Waals surface area contributed by atoms with Crippen LogP contribution < -0.4 is 10.0 Å². The molecule has 2 saturated heterocycles. The number of halogens is 1. The van der Waals surface area contributed by atoms with Crippen molar-refractivity contribution in [1.29, 1.82) is 0 Å². The molecular weight excluding hydrogens is 468 g/mol. The van der Waals surface area contributed by atoms with E-state index in [2.05, 4.69) is 4.98 Å². The molecular formula is C26H27ClN4O4. The number of imidazole rings is 1. The van der Waals surface area contributed by atoms with Crippen LogP contribution in [0.3, 0.4) is 0 Å². The predicted octanol–water partition coefficient (Wildman–Crippen LogP) is 0.744. The lowest BCUT2D eigenvalue weighted by molar-refractivity contribution is -0.907. The Morgan fingerprint density at radius 1 is 1.17 bits per heavy atom. The molecule has 1 N–H and O–H groups in total. The lowest BCUT2D eigenvalue weighted by atomic mass is 9.96. The molecule has 9 heteroatoms. The van der Waals surface area contributed by atoms with E-state index in [0.717, 1.165) is 18.7 Å². The molecule has 2 aromatic heterocycles. The highest BCUT2D eigenvalue weighted by molar-refractivity contribution is 6.46. The summed E-state index contributed by atoms with van der Waals surface area (Å²) < 4.78 is 7.14. The number of ether oxygens (including phenoxy) is 1. The summed E-state index contributed by atoms with van der Waals surface area (Å²) in [6, 6.07) is 9.93. The number of amides is 1. The summed E-state index contributed by atoms with van der Waals surface area (Å²) in [5, 5.41) is 14.5. The fraction of sp³-hybridized carbons (Fsp3) is 0.346. The van der Waals surface area contributed by atoms with Crippen LogP contribution in [0.15, 0.2) is 48.2 Å². The third-order valence-electron chi connectivity index (χ3n) is 6.86. The zero-order valence-corrected chi connectivity index (χ0v) is 20.5. The summed E-state index contributed by atoms with van der Waals surface area (Å²) in [7, 11) is 0. The number of benzene rings is 1. The van der Waals surface area contributed by atoms with Gasteiger partial charge in [0.05, 0.1) is 43.7 Å². The van der Waals surface area contributed by atoms with Crippen molar-refractivity contribution >= 4 is 34.7 Å². The number of quaternary nitrogens is 1. The summed E-state index contributed by atoms with van der Waals surface area (Å²) in [5.41, 5.74) is 3.03. The Bertz CT molecular complexity index is 1330. The minimum atomic E-state index is -0.782. The maximum absolute atomic E-state index is 14.0. The minimum Gasteiger partial charge on any atom is -0.871 e. The normalized spacial score (nSPS) is 20.8. The third-order valence-corrected chi connectivity index (χ3v) is 7.11. The quantitative estimate of drug-likeness (QED) is 0.321. The number of hydrogen-bond donors (Lipinski definition) is 1. The van der Waals surface area contributed by atoms with E-state index in [1.807, 2.05) is 19.1 Å². The second-order valence-electron chi connectivity index (χ2n) is 9.07. The van der Waals surface area contributed by atoms with Gasteiger partial charge in [-0.05, 0) is 43.2 Å². The number of aromatic nitrogens is 2. The summed E-state index contributed by atoms with van der Waals surface area (Å²) in [4.78, 5) is 34.0. The van der Waals surface area contributed by atoms with E-state index in [0.29, 0.717) is 53.9 Å². The van der Waals surface area contributed by atoms with Gasteiger partial charge in [-0.2, -0.15) is 0 Å². The van der Waals surface area contributed by atoms with Crippen LogP contribution in [-0.2, 0) is 14.3 Å². The minimum absolute atomic E-state index is 0.0410. The van der Waals surface area contributed by atoms with Crippen molar-refractivity contribution in [3.05, 3.63) is 75.7 Å². The molecule has 0 radical (unpaired) electrons. The van der Waals surface area contributed by atoms with Crippen molar-refractivity contribution in [2.45, 2.75) is 19.9 Å². The molecule has 4 heterocycles. The molecule has 1 aromatic carbocycles. The highest BCUT2D eigenvalue weighted by Crippen LogP contribution is 2.39. The summed E-state index contributed by atoms with van der Waals surface area (Å²) >= 11 is 6.11. The zero-order valence-electron chi connectivity index (χ0n) is 19.7. The van der Waals surface area contributed by atoms with Crippen LogP contribution in [0.1, 0.15) is 28.6 Å². The molecule has 5 rings (SSSR count). The molecule has 8 nitrogen and oxygen atoms in total.